The van der Waals surface area contributed by atoms with E-state index in [1.165, 1.54) is 11.1 Å². The van der Waals surface area contributed by atoms with Crippen molar-refractivity contribution < 1.29 is 4.42 Å². The molecule has 2 rings (SSSR count). The summed E-state index contributed by atoms with van der Waals surface area (Å²) in [6.07, 6.45) is 0.942. The van der Waals surface area contributed by atoms with Crippen LogP contribution in [0.15, 0.2) is 28.7 Å². The van der Waals surface area contributed by atoms with Crippen molar-refractivity contribution in [3.63, 3.8) is 0 Å². The van der Waals surface area contributed by atoms with E-state index in [0.29, 0.717) is 18.5 Å². The maximum Gasteiger partial charge on any atom is 0.315 e. The summed E-state index contributed by atoms with van der Waals surface area (Å²) < 4.78 is 5.46. The normalized spacial score (nSPS) is 10.6. The second-order valence-electron chi connectivity index (χ2n) is 4.38. The largest absolute Gasteiger partial charge is 0.407 e. The first-order valence-corrected chi connectivity index (χ1v) is 6.61. The number of hydrogen-bond donors (Lipinski definition) is 2. The molecule has 5 heteroatoms. The predicted octanol–water partition coefficient (Wildman–Crippen LogP) is 2.14. The highest BCUT2D eigenvalue weighted by Crippen LogP contribution is 2.09. The average Bonchev–Trinajstić information content (AvgIpc) is 2.86. The second-order valence-corrected chi connectivity index (χ2v) is 4.38. The van der Waals surface area contributed by atoms with Gasteiger partial charge in [0.25, 0.3) is 0 Å². The van der Waals surface area contributed by atoms with Gasteiger partial charge in [0.2, 0.25) is 5.89 Å². The molecular weight excluding hydrogens is 240 g/mol. The van der Waals surface area contributed by atoms with E-state index in [1.807, 2.05) is 6.92 Å². The molecule has 0 saturated carbocycles. The maximum absolute atomic E-state index is 5.46. The minimum absolute atomic E-state index is 0.487. The van der Waals surface area contributed by atoms with Gasteiger partial charge in [-0.25, -0.2) is 0 Å². The van der Waals surface area contributed by atoms with Crippen LogP contribution < -0.4 is 10.6 Å². The fourth-order valence-electron chi connectivity index (χ4n) is 1.82. The maximum atomic E-state index is 5.46. The summed E-state index contributed by atoms with van der Waals surface area (Å²) >= 11 is 0. The Morgan fingerprint density at radius 2 is 2.05 bits per heavy atom. The van der Waals surface area contributed by atoms with Crippen LogP contribution in [0.25, 0.3) is 0 Å². The highest BCUT2D eigenvalue weighted by atomic mass is 16.4. The van der Waals surface area contributed by atoms with Gasteiger partial charge < -0.3 is 15.1 Å². The van der Waals surface area contributed by atoms with E-state index < -0.39 is 0 Å². The Morgan fingerprint density at radius 3 is 2.84 bits per heavy atom. The summed E-state index contributed by atoms with van der Waals surface area (Å²) in [6, 6.07) is 8.86. The van der Waals surface area contributed by atoms with Crippen LogP contribution in [0.5, 0.6) is 0 Å². The van der Waals surface area contributed by atoms with Gasteiger partial charge in [-0.15, -0.1) is 5.10 Å². The zero-order valence-electron chi connectivity index (χ0n) is 11.4. The van der Waals surface area contributed by atoms with Gasteiger partial charge in [-0.1, -0.05) is 36.3 Å². The molecule has 0 aliphatic rings. The lowest BCUT2D eigenvalue weighted by molar-refractivity contribution is 0.481. The molecule has 2 N–H and O–H groups in total. The Kier molecular flexibility index (Phi) is 4.92. The SMILES string of the molecule is CCNCc1nnc(NCCc2ccccc2C)o1. The van der Waals surface area contributed by atoms with Crippen LogP contribution in [-0.2, 0) is 13.0 Å². The van der Waals surface area contributed by atoms with Crippen LogP contribution in [0.1, 0.15) is 23.9 Å². The summed E-state index contributed by atoms with van der Waals surface area (Å²) in [5.41, 5.74) is 2.64. The molecule has 0 fully saturated rings. The molecule has 0 aliphatic heterocycles. The fraction of sp³-hybridized carbons (Fsp3) is 0.429. The number of hydrogen-bond acceptors (Lipinski definition) is 5. The van der Waals surface area contributed by atoms with Crippen LogP contribution in [0.3, 0.4) is 0 Å². The van der Waals surface area contributed by atoms with E-state index in [0.717, 1.165) is 19.5 Å². The van der Waals surface area contributed by atoms with Crippen molar-refractivity contribution in [2.24, 2.45) is 0 Å². The van der Waals surface area contributed by atoms with Crippen molar-refractivity contribution in [1.29, 1.82) is 0 Å². The van der Waals surface area contributed by atoms with Crippen LogP contribution in [0.2, 0.25) is 0 Å². The van der Waals surface area contributed by atoms with E-state index in [9.17, 15) is 0 Å². The molecule has 1 aromatic heterocycles. The molecule has 0 unspecified atom stereocenters. The number of nitrogens with one attached hydrogen (secondary N) is 2. The number of nitrogens with zero attached hydrogens (tertiary/aromatic N) is 2. The van der Waals surface area contributed by atoms with E-state index in [1.54, 1.807) is 0 Å². The first-order chi connectivity index (χ1) is 9.29. The van der Waals surface area contributed by atoms with E-state index in [-0.39, 0.29) is 0 Å². The fourth-order valence-corrected chi connectivity index (χ4v) is 1.82. The molecule has 0 aliphatic carbocycles. The Balaban J connectivity index is 1.79. The molecule has 5 nitrogen and oxygen atoms in total. The Labute approximate surface area is 113 Å². The summed E-state index contributed by atoms with van der Waals surface area (Å²) in [5, 5.41) is 14.2. The van der Waals surface area contributed by atoms with Gasteiger partial charge in [0.1, 0.15) is 0 Å². The molecule has 0 atom stereocenters. The highest BCUT2D eigenvalue weighted by molar-refractivity contribution is 5.27. The van der Waals surface area contributed by atoms with Gasteiger partial charge in [-0.05, 0) is 31.0 Å². The summed E-state index contributed by atoms with van der Waals surface area (Å²) in [6.45, 7) is 6.45. The molecule has 102 valence electrons. The molecule has 0 bridgehead atoms. The average molecular weight is 260 g/mol. The van der Waals surface area contributed by atoms with Gasteiger partial charge in [0.05, 0.1) is 6.54 Å². The van der Waals surface area contributed by atoms with Crippen molar-refractivity contribution in [3.8, 4) is 0 Å². The zero-order valence-corrected chi connectivity index (χ0v) is 11.4. The topological polar surface area (TPSA) is 63.0 Å². The van der Waals surface area contributed by atoms with Crippen molar-refractivity contribution in [1.82, 2.24) is 15.5 Å². The Bertz CT molecular complexity index is 510. The minimum Gasteiger partial charge on any atom is -0.407 e. The van der Waals surface area contributed by atoms with Crippen LogP contribution >= 0.6 is 0 Å². The van der Waals surface area contributed by atoms with Crippen molar-refractivity contribution >= 4 is 6.01 Å². The molecule has 19 heavy (non-hydrogen) atoms. The predicted molar refractivity (Wildman–Crippen MR) is 75.1 cm³/mol. The van der Waals surface area contributed by atoms with Crippen molar-refractivity contribution in [2.45, 2.75) is 26.8 Å². The quantitative estimate of drug-likeness (QED) is 0.798. The minimum atomic E-state index is 0.487. The number of rotatable bonds is 7. The molecule has 1 heterocycles. The molecular formula is C14H20N4O. The van der Waals surface area contributed by atoms with Crippen LogP contribution in [0, 0.1) is 6.92 Å². The first-order valence-electron chi connectivity index (χ1n) is 6.61. The lowest BCUT2D eigenvalue weighted by atomic mass is 10.1. The van der Waals surface area contributed by atoms with Gasteiger partial charge in [-0.2, -0.15) is 0 Å². The van der Waals surface area contributed by atoms with Gasteiger partial charge in [0, 0.05) is 6.54 Å². The smallest absolute Gasteiger partial charge is 0.315 e. The standard InChI is InChI=1S/C14H20N4O/c1-3-15-10-13-17-18-14(19-13)16-9-8-12-7-5-4-6-11(12)2/h4-7,15H,3,8-10H2,1-2H3,(H,16,18). The van der Waals surface area contributed by atoms with Crippen LogP contribution in [-0.4, -0.2) is 23.3 Å². The third-order valence-electron chi connectivity index (χ3n) is 2.92. The zero-order chi connectivity index (χ0) is 13.5. The molecule has 0 spiro atoms. The summed E-state index contributed by atoms with van der Waals surface area (Å²) in [5.74, 6) is 0.611. The Morgan fingerprint density at radius 1 is 1.21 bits per heavy atom. The number of aromatic nitrogens is 2. The molecule has 1 aromatic carbocycles. The Hall–Kier alpha value is -1.88. The number of benzene rings is 1. The third-order valence-corrected chi connectivity index (χ3v) is 2.92. The van der Waals surface area contributed by atoms with Crippen molar-refractivity contribution in [2.75, 3.05) is 18.4 Å². The lowest BCUT2D eigenvalue weighted by Crippen LogP contribution is -2.11. The van der Waals surface area contributed by atoms with E-state index >= 15 is 0 Å². The van der Waals surface area contributed by atoms with E-state index in [2.05, 4.69) is 52.0 Å². The van der Waals surface area contributed by atoms with Gasteiger partial charge >= 0.3 is 6.01 Å². The third kappa shape index (κ3) is 4.06. The summed E-state index contributed by atoms with van der Waals surface area (Å²) in [7, 11) is 0. The number of anilines is 1. The second kappa shape index (κ2) is 6.89. The highest BCUT2D eigenvalue weighted by Gasteiger charge is 2.04. The lowest BCUT2D eigenvalue weighted by Gasteiger charge is -2.05. The summed E-state index contributed by atoms with van der Waals surface area (Å²) in [4.78, 5) is 0. The van der Waals surface area contributed by atoms with Crippen molar-refractivity contribution in [3.05, 3.63) is 41.3 Å². The number of aryl methyl sites for hydroxylation is 1. The monoisotopic (exact) mass is 260 g/mol. The van der Waals surface area contributed by atoms with Gasteiger partial charge in [0.15, 0.2) is 0 Å². The van der Waals surface area contributed by atoms with Crippen LogP contribution in [0.4, 0.5) is 6.01 Å². The molecule has 0 radical (unpaired) electrons. The van der Waals surface area contributed by atoms with Gasteiger partial charge in [-0.3, -0.25) is 0 Å². The molecule has 0 saturated heterocycles. The first kappa shape index (κ1) is 13.5. The molecule has 0 amide bonds. The molecule has 2 aromatic rings. The van der Waals surface area contributed by atoms with E-state index in [4.69, 9.17) is 4.42 Å².